The molecule has 20 heavy (non-hydrogen) atoms. The van der Waals surface area contributed by atoms with Crippen LogP contribution in [0.15, 0.2) is 39.3 Å². The highest BCUT2D eigenvalue weighted by Crippen LogP contribution is 2.51. The van der Waals surface area contributed by atoms with Gasteiger partial charge in [0.1, 0.15) is 0 Å². The Morgan fingerprint density at radius 3 is 2.90 bits per heavy atom. The van der Waals surface area contributed by atoms with Crippen molar-refractivity contribution >= 4 is 35.2 Å². The average molecular weight is 306 g/mol. The van der Waals surface area contributed by atoms with E-state index >= 15 is 0 Å². The molecule has 1 aliphatic heterocycles. The van der Waals surface area contributed by atoms with Crippen molar-refractivity contribution in [1.82, 2.24) is 0 Å². The summed E-state index contributed by atoms with van der Waals surface area (Å²) >= 11 is 7.55. The van der Waals surface area contributed by atoms with E-state index < -0.39 is 0 Å². The van der Waals surface area contributed by atoms with Gasteiger partial charge in [-0.05, 0) is 25.0 Å². The van der Waals surface area contributed by atoms with Crippen LogP contribution in [-0.4, -0.2) is 11.7 Å². The first-order valence-electron chi connectivity index (χ1n) is 6.72. The zero-order valence-electron chi connectivity index (χ0n) is 10.6. The maximum Gasteiger partial charge on any atom is 0.235 e. The van der Waals surface area contributed by atoms with E-state index in [4.69, 9.17) is 16.3 Å². The van der Waals surface area contributed by atoms with E-state index in [0.717, 1.165) is 29.7 Å². The van der Waals surface area contributed by atoms with E-state index in [9.17, 15) is 4.79 Å². The summed E-state index contributed by atoms with van der Waals surface area (Å²) in [6, 6.07) is 7.39. The van der Waals surface area contributed by atoms with Crippen molar-refractivity contribution in [1.29, 1.82) is 0 Å². The Balaban J connectivity index is 1.67. The maximum absolute atomic E-state index is 12.4. The molecule has 0 bridgehead atoms. The number of benzene rings is 1. The third kappa shape index (κ3) is 1.75. The van der Waals surface area contributed by atoms with Crippen molar-refractivity contribution in [3.8, 4) is 0 Å². The summed E-state index contributed by atoms with van der Waals surface area (Å²) in [6.45, 7) is 0. The van der Waals surface area contributed by atoms with Crippen LogP contribution in [0.1, 0.15) is 24.8 Å². The molecule has 5 heteroatoms. The van der Waals surface area contributed by atoms with E-state index in [1.165, 1.54) is 11.9 Å². The molecule has 0 amide bonds. The molecule has 2 aliphatic carbocycles. The van der Waals surface area contributed by atoms with Crippen LogP contribution in [0.5, 0.6) is 0 Å². The zero-order chi connectivity index (χ0) is 13.7. The molecular formula is C15H12ClNO2S. The number of ketones is 1. The van der Waals surface area contributed by atoms with Crippen molar-refractivity contribution < 1.29 is 9.53 Å². The molecule has 1 heterocycles. The molecule has 3 nitrogen and oxygen atoms in total. The van der Waals surface area contributed by atoms with Gasteiger partial charge in [-0.2, -0.15) is 4.40 Å². The lowest BCUT2D eigenvalue weighted by Gasteiger charge is -2.17. The Labute approximate surface area is 126 Å². The van der Waals surface area contributed by atoms with Crippen LogP contribution >= 0.6 is 23.5 Å². The van der Waals surface area contributed by atoms with E-state index in [1.807, 2.05) is 18.2 Å². The number of nitrogens with zero attached hydrogens (tertiary/aromatic N) is 1. The molecule has 2 unspecified atom stereocenters. The number of halogens is 1. The van der Waals surface area contributed by atoms with Gasteiger partial charge in [-0.1, -0.05) is 30.2 Å². The summed E-state index contributed by atoms with van der Waals surface area (Å²) in [5.41, 5.74) is 0.734. The molecule has 0 saturated heterocycles. The molecule has 0 N–H and O–H groups in total. The minimum absolute atomic E-state index is 0.119. The number of rotatable bonds is 1. The summed E-state index contributed by atoms with van der Waals surface area (Å²) in [6.07, 6.45) is 3.17. The Morgan fingerprint density at radius 2 is 2.05 bits per heavy atom. The molecule has 4 rings (SSSR count). The lowest BCUT2D eigenvalue weighted by molar-refractivity contribution is -0.120. The van der Waals surface area contributed by atoms with E-state index in [-0.39, 0.29) is 11.7 Å². The number of Topliss-reactive ketones (excluding diaryl/α,β-unsaturated/α-hetero) is 1. The lowest BCUT2D eigenvalue weighted by atomic mass is 9.99. The fourth-order valence-electron chi connectivity index (χ4n) is 3.20. The fourth-order valence-corrected chi connectivity index (χ4v) is 4.38. The van der Waals surface area contributed by atoms with E-state index in [2.05, 4.69) is 4.40 Å². The van der Waals surface area contributed by atoms with Gasteiger partial charge in [-0.25, -0.2) is 0 Å². The Bertz CT molecular complexity index is 668. The molecule has 3 aliphatic rings. The first-order chi connectivity index (χ1) is 9.75. The van der Waals surface area contributed by atoms with E-state index in [1.54, 1.807) is 6.07 Å². The summed E-state index contributed by atoms with van der Waals surface area (Å²) in [5.74, 6) is 1.55. The van der Waals surface area contributed by atoms with Crippen LogP contribution in [0.3, 0.4) is 0 Å². The number of carbonyl (C=O) groups excluding carboxylic acids is 1. The molecule has 0 radical (unpaired) electrons. The van der Waals surface area contributed by atoms with Crippen molar-refractivity contribution in [2.45, 2.75) is 19.3 Å². The summed E-state index contributed by atoms with van der Waals surface area (Å²) in [7, 11) is 0. The Morgan fingerprint density at radius 1 is 1.25 bits per heavy atom. The van der Waals surface area contributed by atoms with E-state index in [0.29, 0.717) is 22.6 Å². The number of hydrogen-bond acceptors (Lipinski definition) is 4. The largest absolute Gasteiger partial charge is 0.433 e. The maximum atomic E-state index is 12.4. The van der Waals surface area contributed by atoms with Gasteiger partial charge in [0.05, 0.1) is 15.5 Å². The molecule has 102 valence electrons. The first-order valence-corrected chi connectivity index (χ1v) is 7.87. The van der Waals surface area contributed by atoms with Crippen LogP contribution in [0.2, 0.25) is 5.02 Å². The van der Waals surface area contributed by atoms with Crippen molar-refractivity contribution in [2.24, 2.45) is 16.2 Å². The normalized spacial score (nSPS) is 28.1. The molecular weight excluding hydrogens is 294 g/mol. The second-order valence-corrected chi connectivity index (χ2v) is 6.48. The third-order valence-electron chi connectivity index (χ3n) is 4.17. The quantitative estimate of drug-likeness (QED) is 0.737. The molecule has 1 fully saturated rings. The third-order valence-corrected chi connectivity index (χ3v) is 5.44. The molecule has 2 atom stereocenters. The highest BCUT2D eigenvalue weighted by atomic mass is 35.5. The van der Waals surface area contributed by atoms with Crippen molar-refractivity contribution in [3.63, 3.8) is 0 Å². The van der Waals surface area contributed by atoms with Crippen molar-refractivity contribution in [2.75, 3.05) is 0 Å². The van der Waals surface area contributed by atoms with Gasteiger partial charge in [-0.3, -0.25) is 4.79 Å². The summed E-state index contributed by atoms with van der Waals surface area (Å²) in [5, 5.41) is 0.585. The second kappa shape index (κ2) is 4.64. The van der Waals surface area contributed by atoms with Crippen molar-refractivity contribution in [3.05, 3.63) is 45.5 Å². The molecule has 1 saturated carbocycles. The van der Waals surface area contributed by atoms with Gasteiger partial charge in [-0.15, -0.1) is 0 Å². The average Bonchev–Trinajstić information content (AvgIpc) is 3.03. The topological polar surface area (TPSA) is 38.7 Å². The Kier molecular flexibility index (Phi) is 2.89. The van der Waals surface area contributed by atoms with Crippen LogP contribution < -0.4 is 0 Å². The summed E-state index contributed by atoms with van der Waals surface area (Å²) < 4.78 is 10.2. The van der Waals surface area contributed by atoms with Gasteiger partial charge in [0.2, 0.25) is 11.7 Å². The number of fused-ring (bicyclic) bond motifs is 2. The number of ether oxygens (including phenoxy) is 1. The monoisotopic (exact) mass is 305 g/mol. The number of hydrogen-bond donors (Lipinski definition) is 0. The van der Waals surface area contributed by atoms with Gasteiger partial charge in [0.15, 0.2) is 5.76 Å². The van der Waals surface area contributed by atoms with Gasteiger partial charge < -0.3 is 4.74 Å². The number of carbonyl (C=O) groups is 1. The minimum Gasteiger partial charge on any atom is -0.433 e. The smallest absolute Gasteiger partial charge is 0.235 e. The second-order valence-electron chi connectivity index (χ2n) is 5.27. The van der Waals surface area contributed by atoms with Gasteiger partial charge in [0.25, 0.3) is 0 Å². The van der Waals surface area contributed by atoms with Crippen LogP contribution in [-0.2, 0) is 9.53 Å². The highest BCUT2D eigenvalue weighted by Gasteiger charge is 2.47. The zero-order valence-corrected chi connectivity index (χ0v) is 12.2. The van der Waals surface area contributed by atoms with Crippen LogP contribution in [0.4, 0.5) is 0 Å². The number of allylic oxidation sites excluding steroid dienone is 2. The van der Waals surface area contributed by atoms with Crippen LogP contribution in [0.25, 0.3) is 0 Å². The molecule has 1 aromatic carbocycles. The van der Waals surface area contributed by atoms with Gasteiger partial charge >= 0.3 is 0 Å². The standard InChI is InChI=1S/C15H12ClNO2S/c16-11-7-2-1-4-10(11)15-17-20-14-9-6-3-5-8(9)12(18)13(14)19-15/h1-2,4,7-9H,3,5-6H2. The SMILES string of the molecule is O=C1C2=C(SN=C(c3ccccc3Cl)O2)C2CCCC12. The van der Waals surface area contributed by atoms with Crippen LogP contribution in [0, 0.1) is 11.8 Å². The highest BCUT2D eigenvalue weighted by molar-refractivity contribution is 8.02. The fraction of sp³-hybridized carbons (Fsp3) is 0.333. The molecule has 0 aromatic heterocycles. The molecule has 0 spiro atoms. The Hall–Kier alpha value is -1.26. The molecule has 1 aromatic rings. The summed E-state index contributed by atoms with van der Waals surface area (Å²) in [4.78, 5) is 13.4. The minimum atomic E-state index is 0.119. The predicted octanol–water partition coefficient (Wildman–Crippen LogP) is 3.98. The predicted molar refractivity (Wildman–Crippen MR) is 79.5 cm³/mol. The first kappa shape index (κ1) is 12.5. The lowest BCUT2D eigenvalue weighted by Crippen LogP contribution is -2.16. The van der Waals surface area contributed by atoms with Gasteiger partial charge in [0, 0.05) is 23.8 Å².